The lowest BCUT2D eigenvalue weighted by molar-refractivity contribution is -0.139. The van der Waals surface area contributed by atoms with Crippen molar-refractivity contribution in [3.8, 4) is 0 Å². The Hall–Kier alpha value is -1.79. The average Bonchev–Trinajstić information content (AvgIpc) is 2.35. The van der Waals surface area contributed by atoms with E-state index in [0.29, 0.717) is 12.1 Å². The van der Waals surface area contributed by atoms with E-state index in [1.165, 1.54) is 12.1 Å². The Morgan fingerprint density at radius 2 is 2.16 bits per heavy atom. The first-order chi connectivity index (χ1) is 9.01. The molecule has 1 fully saturated rings. The molecule has 0 aliphatic carbocycles. The van der Waals surface area contributed by atoms with Crippen LogP contribution in [0.4, 0.5) is 4.39 Å². The minimum absolute atomic E-state index is 0.118. The van der Waals surface area contributed by atoms with Gasteiger partial charge in [-0.15, -0.1) is 0 Å². The molecule has 1 unspecified atom stereocenters. The Morgan fingerprint density at radius 1 is 1.42 bits per heavy atom. The molecule has 5 nitrogen and oxygen atoms in total. The summed E-state index contributed by atoms with van der Waals surface area (Å²) in [6, 6.07) is 3.95. The first-order valence-corrected chi connectivity index (χ1v) is 6.06. The number of nitrogens with zero attached hydrogens (tertiary/aromatic N) is 1. The number of imide groups is 1. The molecule has 3 N–H and O–H groups in total. The van der Waals surface area contributed by atoms with Crippen molar-refractivity contribution in [3.63, 3.8) is 0 Å². The SMILES string of the molecule is CC1C(=O)NC(=O)CN1Cc1cc(F)ccc1CN. The molecule has 102 valence electrons. The minimum atomic E-state index is -0.424. The molecular weight excluding hydrogens is 249 g/mol. The average molecular weight is 265 g/mol. The Kier molecular flexibility index (Phi) is 3.92. The minimum Gasteiger partial charge on any atom is -0.326 e. The van der Waals surface area contributed by atoms with Crippen molar-refractivity contribution in [2.24, 2.45) is 5.73 Å². The number of benzene rings is 1. The fourth-order valence-electron chi connectivity index (χ4n) is 2.12. The first-order valence-electron chi connectivity index (χ1n) is 6.06. The van der Waals surface area contributed by atoms with Gasteiger partial charge in [-0.1, -0.05) is 6.07 Å². The number of amides is 2. The molecule has 6 heteroatoms. The number of hydrogen-bond donors (Lipinski definition) is 2. The van der Waals surface area contributed by atoms with Crippen LogP contribution in [-0.2, 0) is 22.7 Å². The van der Waals surface area contributed by atoms with Crippen LogP contribution in [-0.4, -0.2) is 29.3 Å². The van der Waals surface area contributed by atoms with Gasteiger partial charge in [0.2, 0.25) is 11.8 Å². The van der Waals surface area contributed by atoms with Crippen LogP contribution in [0.15, 0.2) is 18.2 Å². The number of hydrogen-bond acceptors (Lipinski definition) is 4. The Labute approximate surface area is 110 Å². The van der Waals surface area contributed by atoms with E-state index in [9.17, 15) is 14.0 Å². The lowest BCUT2D eigenvalue weighted by atomic mass is 10.1. The van der Waals surface area contributed by atoms with Gasteiger partial charge in [-0.05, 0) is 30.2 Å². The van der Waals surface area contributed by atoms with Crippen LogP contribution in [0.5, 0.6) is 0 Å². The second-order valence-corrected chi connectivity index (χ2v) is 4.61. The van der Waals surface area contributed by atoms with Gasteiger partial charge in [0.05, 0.1) is 12.6 Å². The van der Waals surface area contributed by atoms with Crippen molar-refractivity contribution in [3.05, 3.63) is 35.1 Å². The number of carbonyl (C=O) groups is 2. The molecule has 1 aromatic carbocycles. The molecule has 0 bridgehead atoms. The zero-order valence-electron chi connectivity index (χ0n) is 10.6. The maximum absolute atomic E-state index is 13.3. The quantitative estimate of drug-likeness (QED) is 0.762. The fourth-order valence-corrected chi connectivity index (χ4v) is 2.12. The lowest BCUT2D eigenvalue weighted by Crippen LogP contribution is -2.56. The van der Waals surface area contributed by atoms with E-state index in [1.54, 1.807) is 17.9 Å². The summed E-state index contributed by atoms with van der Waals surface area (Å²) in [6.07, 6.45) is 0. The van der Waals surface area contributed by atoms with Crippen LogP contribution in [0.3, 0.4) is 0 Å². The molecule has 19 heavy (non-hydrogen) atoms. The fraction of sp³-hybridized carbons (Fsp3) is 0.385. The van der Waals surface area contributed by atoms with Gasteiger partial charge in [-0.2, -0.15) is 0 Å². The Morgan fingerprint density at radius 3 is 2.84 bits per heavy atom. The molecule has 1 saturated heterocycles. The monoisotopic (exact) mass is 265 g/mol. The third kappa shape index (κ3) is 2.97. The molecule has 1 atom stereocenters. The highest BCUT2D eigenvalue weighted by Crippen LogP contribution is 2.16. The summed E-state index contributed by atoms with van der Waals surface area (Å²) in [5.74, 6) is -1.02. The van der Waals surface area contributed by atoms with Crippen LogP contribution in [0.1, 0.15) is 18.1 Å². The van der Waals surface area contributed by atoms with E-state index in [1.807, 2.05) is 0 Å². The molecule has 2 rings (SSSR count). The van der Waals surface area contributed by atoms with Crippen LogP contribution < -0.4 is 11.1 Å². The van der Waals surface area contributed by atoms with Crippen molar-refractivity contribution in [2.75, 3.05) is 6.54 Å². The summed E-state index contributed by atoms with van der Waals surface area (Å²) in [5.41, 5.74) is 7.13. The van der Waals surface area contributed by atoms with Gasteiger partial charge in [-0.3, -0.25) is 19.8 Å². The maximum atomic E-state index is 13.3. The van der Waals surface area contributed by atoms with Crippen LogP contribution in [0, 0.1) is 5.82 Å². The van der Waals surface area contributed by atoms with Crippen molar-refractivity contribution >= 4 is 11.8 Å². The smallest absolute Gasteiger partial charge is 0.243 e. The zero-order chi connectivity index (χ0) is 14.0. The summed E-state index contributed by atoms with van der Waals surface area (Å²) in [5, 5.41) is 2.27. The number of halogens is 1. The normalized spacial score (nSPS) is 20.5. The van der Waals surface area contributed by atoms with Crippen molar-refractivity contribution in [2.45, 2.75) is 26.1 Å². The highest BCUT2D eigenvalue weighted by Gasteiger charge is 2.30. The molecule has 1 heterocycles. The van der Waals surface area contributed by atoms with E-state index >= 15 is 0 Å². The van der Waals surface area contributed by atoms with E-state index in [2.05, 4.69) is 5.32 Å². The summed E-state index contributed by atoms with van der Waals surface area (Å²) < 4.78 is 13.3. The van der Waals surface area contributed by atoms with Gasteiger partial charge < -0.3 is 5.73 Å². The molecular formula is C13H16FN3O2. The number of piperazine rings is 1. The predicted octanol–water partition coefficient (Wildman–Crippen LogP) is 0.131. The van der Waals surface area contributed by atoms with Gasteiger partial charge in [0.1, 0.15) is 5.82 Å². The molecule has 0 spiro atoms. The van der Waals surface area contributed by atoms with Gasteiger partial charge in [0.25, 0.3) is 0 Å². The summed E-state index contributed by atoms with van der Waals surface area (Å²) in [6.45, 7) is 2.44. The highest BCUT2D eigenvalue weighted by atomic mass is 19.1. The topological polar surface area (TPSA) is 75.4 Å². The largest absolute Gasteiger partial charge is 0.326 e. The van der Waals surface area contributed by atoms with Gasteiger partial charge in [-0.25, -0.2) is 4.39 Å². The van der Waals surface area contributed by atoms with Crippen molar-refractivity contribution in [1.82, 2.24) is 10.2 Å². The number of nitrogens with two attached hydrogens (primary N) is 1. The molecule has 0 saturated carbocycles. The van der Waals surface area contributed by atoms with Crippen LogP contribution >= 0.6 is 0 Å². The molecule has 1 aliphatic heterocycles. The summed E-state index contributed by atoms with van der Waals surface area (Å²) in [7, 11) is 0. The molecule has 1 aliphatic rings. The molecule has 0 aromatic heterocycles. The zero-order valence-corrected chi connectivity index (χ0v) is 10.6. The molecule has 1 aromatic rings. The third-order valence-electron chi connectivity index (χ3n) is 3.30. The van der Waals surface area contributed by atoms with Gasteiger partial charge in [0.15, 0.2) is 0 Å². The van der Waals surface area contributed by atoms with E-state index in [-0.39, 0.29) is 30.7 Å². The van der Waals surface area contributed by atoms with E-state index in [0.717, 1.165) is 5.56 Å². The van der Waals surface area contributed by atoms with E-state index < -0.39 is 6.04 Å². The highest BCUT2D eigenvalue weighted by molar-refractivity contribution is 6.00. The molecule has 0 radical (unpaired) electrons. The first kappa shape index (κ1) is 13.6. The van der Waals surface area contributed by atoms with Gasteiger partial charge in [0, 0.05) is 13.1 Å². The summed E-state index contributed by atoms with van der Waals surface area (Å²) >= 11 is 0. The maximum Gasteiger partial charge on any atom is 0.243 e. The standard InChI is InChI=1S/C13H16FN3O2/c1-8-13(19)16-12(18)7-17(8)6-10-4-11(14)3-2-9(10)5-15/h2-4,8H,5-7,15H2,1H3,(H,16,18,19). The second-order valence-electron chi connectivity index (χ2n) is 4.61. The Bertz CT molecular complexity index is 519. The second kappa shape index (κ2) is 5.46. The third-order valence-corrected chi connectivity index (χ3v) is 3.30. The summed E-state index contributed by atoms with van der Waals surface area (Å²) in [4.78, 5) is 24.6. The van der Waals surface area contributed by atoms with Crippen molar-refractivity contribution in [1.29, 1.82) is 0 Å². The lowest BCUT2D eigenvalue weighted by Gasteiger charge is -2.32. The van der Waals surface area contributed by atoms with Crippen molar-refractivity contribution < 1.29 is 14.0 Å². The van der Waals surface area contributed by atoms with E-state index in [4.69, 9.17) is 5.73 Å². The number of nitrogens with one attached hydrogen (secondary N) is 1. The predicted molar refractivity (Wildman–Crippen MR) is 67.3 cm³/mol. The van der Waals surface area contributed by atoms with Crippen LogP contribution in [0.2, 0.25) is 0 Å². The van der Waals surface area contributed by atoms with Gasteiger partial charge >= 0.3 is 0 Å². The van der Waals surface area contributed by atoms with Crippen LogP contribution in [0.25, 0.3) is 0 Å². The Balaban J connectivity index is 2.22. The number of carbonyl (C=O) groups excluding carboxylic acids is 2. The number of rotatable bonds is 3. The molecule has 2 amide bonds.